The summed E-state index contributed by atoms with van der Waals surface area (Å²) in [5.41, 5.74) is 0. The van der Waals surface area contributed by atoms with Gasteiger partial charge in [-0.2, -0.15) is 0 Å². The van der Waals surface area contributed by atoms with Crippen molar-refractivity contribution >= 4 is 12.2 Å². The fraction of sp³-hybridized carbons (Fsp3) is 0.750. The highest BCUT2D eigenvalue weighted by Gasteiger charge is 2.01. The molecule has 0 aliphatic carbocycles. The van der Waals surface area contributed by atoms with Crippen LogP contribution in [0.1, 0.15) is 25.7 Å². The molecule has 0 rings (SSSR count). The lowest BCUT2D eigenvalue weighted by molar-refractivity contribution is -0.128. The molecule has 0 fully saturated rings. The smallest absolute Gasteiger partial charge is 0.222 e. The minimum atomic E-state index is 0.135. The fourth-order valence-corrected chi connectivity index (χ4v) is 0.728. The SMILES string of the molecule is CN(C)C(=O)CCCCC=O. The van der Waals surface area contributed by atoms with Crippen molar-refractivity contribution in [2.75, 3.05) is 14.1 Å². The standard InChI is InChI=1S/C8H15NO2/c1-9(2)8(11)6-4-3-5-7-10/h7H,3-6H2,1-2H3. The zero-order chi connectivity index (χ0) is 8.69. The van der Waals surface area contributed by atoms with E-state index in [0.29, 0.717) is 12.8 Å². The van der Waals surface area contributed by atoms with Gasteiger partial charge in [0.1, 0.15) is 6.29 Å². The van der Waals surface area contributed by atoms with E-state index in [2.05, 4.69) is 0 Å². The van der Waals surface area contributed by atoms with Crippen LogP contribution in [0.15, 0.2) is 0 Å². The summed E-state index contributed by atoms with van der Waals surface area (Å²) < 4.78 is 0. The molecular weight excluding hydrogens is 142 g/mol. The second-order valence-corrected chi connectivity index (χ2v) is 2.70. The largest absolute Gasteiger partial charge is 0.349 e. The summed E-state index contributed by atoms with van der Waals surface area (Å²) in [5, 5.41) is 0. The number of rotatable bonds is 5. The third-order valence-electron chi connectivity index (χ3n) is 1.46. The highest BCUT2D eigenvalue weighted by atomic mass is 16.2. The number of amides is 1. The Labute approximate surface area is 67.4 Å². The third-order valence-corrected chi connectivity index (χ3v) is 1.46. The molecule has 0 bridgehead atoms. The molecule has 0 spiro atoms. The van der Waals surface area contributed by atoms with Crippen LogP contribution in [0.5, 0.6) is 0 Å². The average Bonchev–Trinajstić information content (AvgIpc) is 1.97. The Bertz CT molecular complexity index is 132. The lowest BCUT2D eigenvalue weighted by Crippen LogP contribution is -2.20. The summed E-state index contributed by atoms with van der Waals surface area (Å²) in [6.45, 7) is 0. The van der Waals surface area contributed by atoms with Crippen molar-refractivity contribution in [3.63, 3.8) is 0 Å². The van der Waals surface area contributed by atoms with Crippen LogP contribution in [-0.4, -0.2) is 31.2 Å². The number of carbonyl (C=O) groups is 2. The van der Waals surface area contributed by atoms with Crippen LogP contribution in [0.3, 0.4) is 0 Å². The second-order valence-electron chi connectivity index (χ2n) is 2.70. The van der Waals surface area contributed by atoms with Crippen molar-refractivity contribution in [3.05, 3.63) is 0 Å². The lowest BCUT2D eigenvalue weighted by Gasteiger charge is -2.08. The molecule has 3 nitrogen and oxygen atoms in total. The highest BCUT2D eigenvalue weighted by Crippen LogP contribution is 1.99. The minimum Gasteiger partial charge on any atom is -0.349 e. The maximum atomic E-state index is 10.9. The van der Waals surface area contributed by atoms with Gasteiger partial charge in [0, 0.05) is 26.9 Å². The number of carbonyl (C=O) groups excluding carboxylic acids is 2. The van der Waals surface area contributed by atoms with Gasteiger partial charge in [0.05, 0.1) is 0 Å². The molecule has 0 radical (unpaired) electrons. The summed E-state index contributed by atoms with van der Waals surface area (Å²) in [5.74, 6) is 0.135. The number of hydrogen-bond acceptors (Lipinski definition) is 2. The molecule has 0 aliphatic heterocycles. The summed E-state index contributed by atoms with van der Waals surface area (Å²) in [6, 6.07) is 0. The molecule has 0 aromatic carbocycles. The van der Waals surface area contributed by atoms with E-state index in [9.17, 15) is 9.59 Å². The Morgan fingerprint density at radius 1 is 1.36 bits per heavy atom. The van der Waals surface area contributed by atoms with Crippen molar-refractivity contribution in [1.29, 1.82) is 0 Å². The van der Waals surface area contributed by atoms with E-state index in [1.165, 1.54) is 0 Å². The molecule has 0 atom stereocenters. The first-order valence-corrected chi connectivity index (χ1v) is 3.82. The quantitative estimate of drug-likeness (QED) is 0.438. The van der Waals surface area contributed by atoms with Gasteiger partial charge in [-0.05, 0) is 12.8 Å². The highest BCUT2D eigenvalue weighted by molar-refractivity contribution is 5.75. The number of hydrogen-bond donors (Lipinski definition) is 0. The van der Waals surface area contributed by atoms with Crippen LogP contribution in [0.2, 0.25) is 0 Å². The lowest BCUT2D eigenvalue weighted by atomic mass is 10.2. The van der Waals surface area contributed by atoms with E-state index in [0.717, 1.165) is 19.1 Å². The van der Waals surface area contributed by atoms with Crippen LogP contribution in [0.25, 0.3) is 0 Å². The topological polar surface area (TPSA) is 37.4 Å². The van der Waals surface area contributed by atoms with Crippen molar-refractivity contribution in [3.8, 4) is 0 Å². The van der Waals surface area contributed by atoms with E-state index in [-0.39, 0.29) is 5.91 Å². The van der Waals surface area contributed by atoms with Gasteiger partial charge in [0.15, 0.2) is 0 Å². The molecule has 0 saturated carbocycles. The molecule has 3 heteroatoms. The Morgan fingerprint density at radius 3 is 2.45 bits per heavy atom. The molecule has 0 aromatic heterocycles. The normalized spacial score (nSPS) is 9.27. The maximum absolute atomic E-state index is 10.9. The summed E-state index contributed by atoms with van der Waals surface area (Å²) in [6.07, 6.45) is 3.65. The van der Waals surface area contributed by atoms with Crippen molar-refractivity contribution < 1.29 is 9.59 Å². The molecule has 64 valence electrons. The summed E-state index contributed by atoms with van der Waals surface area (Å²) >= 11 is 0. The first-order valence-electron chi connectivity index (χ1n) is 3.82. The monoisotopic (exact) mass is 157 g/mol. The van der Waals surface area contributed by atoms with E-state index in [4.69, 9.17) is 0 Å². The summed E-state index contributed by atoms with van der Waals surface area (Å²) in [4.78, 5) is 22.4. The average molecular weight is 157 g/mol. The zero-order valence-corrected chi connectivity index (χ0v) is 7.17. The molecule has 0 N–H and O–H groups in total. The van der Waals surface area contributed by atoms with Crippen LogP contribution in [0, 0.1) is 0 Å². The minimum absolute atomic E-state index is 0.135. The van der Waals surface area contributed by atoms with Gasteiger partial charge < -0.3 is 9.69 Å². The van der Waals surface area contributed by atoms with E-state index < -0.39 is 0 Å². The van der Waals surface area contributed by atoms with E-state index in [1.54, 1.807) is 19.0 Å². The van der Waals surface area contributed by atoms with Gasteiger partial charge in [-0.15, -0.1) is 0 Å². The maximum Gasteiger partial charge on any atom is 0.222 e. The van der Waals surface area contributed by atoms with Gasteiger partial charge in [-0.1, -0.05) is 0 Å². The number of nitrogens with zero attached hydrogens (tertiary/aromatic N) is 1. The zero-order valence-electron chi connectivity index (χ0n) is 7.17. The molecule has 0 saturated heterocycles. The molecule has 0 aromatic rings. The Morgan fingerprint density at radius 2 is 2.00 bits per heavy atom. The van der Waals surface area contributed by atoms with Crippen molar-refractivity contribution in [2.45, 2.75) is 25.7 Å². The Balaban J connectivity index is 3.24. The molecule has 11 heavy (non-hydrogen) atoms. The van der Waals surface area contributed by atoms with Crippen LogP contribution in [0.4, 0.5) is 0 Å². The first kappa shape index (κ1) is 10.1. The number of aldehydes is 1. The molecule has 0 unspecified atom stereocenters. The van der Waals surface area contributed by atoms with Gasteiger partial charge in [0.2, 0.25) is 5.91 Å². The summed E-state index contributed by atoms with van der Waals surface area (Å²) in [7, 11) is 3.48. The predicted molar refractivity (Wildman–Crippen MR) is 43.2 cm³/mol. The Hall–Kier alpha value is -0.860. The predicted octanol–water partition coefficient (Wildman–Crippen LogP) is 0.834. The van der Waals surface area contributed by atoms with Gasteiger partial charge in [-0.25, -0.2) is 0 Å². The molecule has 0 aliphatic rings. The van der Waals surface area contributed by atoms with Gasteiger partial charge in [-0.3, -0.25) is 4.79 Å². The molecular formula is C8H15NO2. The molecule has 0 heterocycles. The third kappa shape index (κ3) is 5.58. The number of unbranched alkanes of at least 4 members (excludes halogenated alkanes) is 2. The second kappa shape index (κ2) is 5.89. The van der Waals surface area contributed by atoms with E-state index >= 15 is 0 Å². The Kier molecular flexibility index (Phi) is 5.43. The van der Waals surface area contributed by atoms with Crippen molar-refractivity contribution in [1.82, 2.24) is 4.90 Å². The van der Waals surface area contributed by atoms with Crippen LogP contribution < -0.4 is 0 Å². The van der Waals surface area contributed by atoms with E-state index in [1.807, 2.05) is 0 Å². The first-order chi connectivity index (χ1) is 5.18. The van der Waals surface area contributed by atoms with Gasteiger partial charge in [0.25, 0.3) is 0 Å². The van der Waals surface area contributed by atoms with Crippen LogP contribution >= 0.6 is 0 Å². The van der Waals surface area contributed by atoms with Gasteiger partial charge >= 0.3 is 0 Å². The molecule has 1 amide bonds. The van der Waals surface area contributed by atoms with Crippen molar-refractivity contribution in [2.24, 2.45) is 0 Å². The van der Waals surface area contributed by atoms with Crippen LogP contribution in [-0.2, 0) is 9.59 Å². The fourth-order valence-electron chi connectivity index (χ4n) is 0.728.